The van der Waals surface area contributed by atoms with Crippen molar-refractivity contribution in [3.05, 3.63) is 35.4 Å². The van der Waals surface area contributed by atoms with Crippen LogP contribution in [-0.2, 0) is 11.2 Å². The van der Waals surface area contributed by atoms with E-state index in [1.165, 1.54) is 11.1 Å². The van der Waals surface area contributed by atoms with Crippen molar-refractivity contribution in [1.82, 2.24) is 0 Å². The number of alkyl halides is 1. The van der Waals surface area contributed by atoms with Crippen LogP contribution < -0.4 is 0 Å². The zero-order valence-corrected chi connectivity index (χ0v) is 10.3. The number of rotatable bonds is 6. The van der Waals surface area contributed by atoms with E-state index in [4.69, 9.17) is 16.3 Å². The maximum Gasteiger partial charge on any atom is 0.0480 e. The Kier molecular flexibility index (Phi) is 5.74. The van der Waals surface area contributed by atoms with Crippen LogP contribution in [0.15, 0.2) is 24.3 Å². The highest BCUT2D eigenvalue weighted by molar-refractivity contribution is 6.20. The molecule has 0 N–H and O–H groups in total. The molecule has 0 bridgehead atoms. The van der Waals surface area contributed by atoms with Crippen molar-refractivity contribution in [3.63, 3.8) is 0 Å². The van der Waals surface area contributed by atoms with Gasteiger partial charge in [-0.25, -0.2) is 0 Å². The first-order chi connectivity index (χ1) is 7.22. The summed E-state index contributed by atoms with van der Waals surface area (Å²) in [4.78, 5) is 0. The van der Waals surface area contributed by atoms with Gasteiger partial charge in [0.05, 0.1) is 0 Å². The van der Waals surface area contributed by atoms with Crippen molar-refractivity contribution >= 4 is 11.6 Å². The third-order valence-corrected chi connectivity index (χ3v) is 2.73. The van der Waals surface area contributed by atoms with Crippen molar-refractivity contribution in [2.24, 2.45) is 0 Å². The van der Waals surface area contributed by atoms with Gasteiger partial charge >= 0.3 is 0 Å². The third kappa shape index (κ3) is 5.19. The summed E-state index contributed by atoms with van der Waals surface area (Å²) in [6, 6.07) is 8.54. The van der Waals surface area contributed by atoms with Crippen molar-refractivity contribution in [3.8, 4) is 0 Å². The van der Waals surface area contributed by atoms with Crippen molar-refractivity contribution in [2.45, 2.75) is 32.1 Å². The molecular weight excluding hydrogens is 208 g/mol. The summed E-state index contributed by atoms with van der Waals surface area (Å²) in [6.07, 6.45) is 1.85. The average Bonchev–Trinajstić information content (AvgIpc) is 2.22. The number of halogens is 1. The lowest BCUT2D eigenvalue weighted by Crippen LogP contribution is -2.07. The Balaban J connectivity index is 2.31. The Bertz CT molecular complexity index is 268. The highest BCUT2D eigenvalue weighted by Gasteiger charge is 2.05. The maximum absolute atomic E-state index is 6.21. The first-order valence-corrected chi connectivity index (χ1v) is 5.93. The second-order valence-electron chi connectivity index (χ2n) is 3.77. The Morgan fingerprint density at radius 1 is 1.27 bits per heavy atom. The minimum absolute atomic E-state index is 0.180. The zero-order valence-electron chi connectivity index (χ0n) is 9.50. The lowest BCUT2D eigenvalue weighted by Gasteiger charge is -2.09. The van der Waals surface area contributed by atoms with Crippen LogP contribution in [0.5, 0.6) is 0 Å². The van der Waals surface area contributed by atoms with E-state index >= 15 is 0 Å². The molecule has 0 aliphatic heterocycles. The highest BCUT2D eigenvalue weighted by Crippen LogP contribution is 2.12. The predicted molar refractivity (Wildman–Crippen MR) is 65.6 cm³/mol. The Morgan fingerprint density at radius 3 is 2.53 bits per heavy atom. The number of hydrogen-bond acceptors (Lipinski definition) is 1. The molecule has 84 valence electrons. The predicted octanol–water partition coefficient (Wildman–Crippen LogP) is 3.57. The van der Waals surface area contributed by atoms with Gasteiger partial charge in [-0.2, -0.15) is 0 Å². The van der Waals surface area contributed by atoms with E-state index in [0.29, 0.717) is 0 Å². The molecule has 0 aliphatic rings. The molecule has 2 heteroatoms. The molecule has 1 aromatic rings. The quantitative estimate of drug-likeness (QED) is 0.532. The normalized spacial score (nSPS) is 12.7. The van der Waals surface area contributed by atoms with Crippen LogP contribution in [0.25, 0.3) is 0 Å². The zero-order chi connectivity index (χ0) is 11.1. The molecule has 0 amide bonds. The molecule has 1 nitrogen and oxygen atoms in total. The minimum atomic E-state index is 0.180. The first kappa shape index (κ1) is 12.5. The van der Waals surface area contributed by atoms with Gasteiger partial charge in [0.15, 0.2) is 0 Å². The van der Waals surface area contributed by atoms with Gasteiger partial charge in [-0.15, -0.1) is 11.6 Å². The lowest BCUT2D eigenvalue weighted by molar-refractivity contribution is 0.144. The summed E-state index contributed by atoms with van der Waals surface area (Å²) in [5.74, 6) is 0. The van der Waals surface area contributed by atoms with Crippen LogP contribution in [0.2, 0.25) is 0 Å². The van der Waals surface area contributed by atoms with Crippen molar-refractivity contribution in [2.75, 3.05) is 13.2 Å². The molecule has 0 aromatic heterocycles. The summed E-state index contributed by atoms with van der Waals surface area (Å²) < 4.78 is 5.28. The Morgan fingerprint density at radius 2 is 1.93 bits per heavy atom. The molecule has 1 atom stereocenters. The molecule has 0 fully saturated rings. The summed E-state index contributed by atoms with van der Waals surface area (Å²) in [5, 5.41) is 0.180. The van der Waals surface area contributed by atoms with Crippen LogP contribution >= 0.6 is 11.6 Å². The fourth-order valence-corrected chi connectivity index (χ4v) is 1.70. The molecule has 15 heavy (non-hydrogen) atoms. The minimum Gasteiger partial charge on any atom is -0.382 e. The standard InChI is InChI=1S/C13H19ClO/c1-3-15-9-8-13(14)10-12-6-4-11(2)5-7-12/h4-7,13H,3,8-10H2,1-2H3. The number of benzene rings is 1. The third-order valence-electron chi connectivity index (χ3n) is 2.36. The fraction of sp³-hybridized carbons (Fsp3) is 0.538. The SMILES string of the molecule is CCOCCC(Cl)Cc1ccc(C)cc1. The molecule has 0 spiro atoms. The van der Waals surface area contributed by atoms with Gasteiger partial charge in [0.1, 0.15) is 0 Å². The molecule has 1 aromatic carbocycles. The van der Waals surface area contributed by atoms with E-state index in [1.807, 2.05) is 6.92 Å². The van der Waals surface area contributed by atoms with Gasteiger partial charge in [0.2, 0.25) is 0 Å². The second-order valence-corrected chi connectivity index (χ2v) is 4.39. The molecule has 0 aliphatic carbocycles. The Hall–Kier alpha value is -0.530. The van der Waals surface area contributed by atoms with Gasteiger partial charge in [-0.3, -0.25) is 0 Å². The molecule has 1 rings (SSSR count). The summed E-state index contributed by atoms with van der Waals surface area (Å²) >= 11 is 6.21. The van der Waals surface area contributed by atoms with Gasteiger partial charge in [0.25, 0.3) is 0 Å². The van der Waals surface area contributed by atoms with E-state index in [1.54, 1.807) is 0 Å². The molecule has 0 heterocycles. The topological polar surface area (TPSA) is 9.23 Å². The van der Waals surface area contributed by atoms with Crippen LogP contribution in [0, 0.1) is 6.92 Å². The van der Waals surface area contributed by atoms with E-state index in [-0.39, 0.29) is 5.38 Å². The smallest absolute Gasteiger partial charge is 0.0480 e. The molecule has 0 saturated carbocycles. The Labute approximate surface area is 97.4 Å². The van der Waals surface area contributed by atoms with Gasteiger partial charge in [-0.05, 0) is 32.3 Å². The molecule has 0 radical (unpaired) electrons. The van der Waals surface area contributed by atoms with Gasteiger partial charge < -0.3 is 4.74 Å². The van der Waals surface area contributed by atoms with Crippen molar-refractivity contribution in [1.29, 1.82) is 0 Å². The monoisotopic (exact) mass is 226 g/mol. The number of hydrogen-bond donors (Lipinski definition) is 0. The van der Waals surface area contributed by atoms with E-state index in [9.17, 15) is 0 Å². The molecule has 0 saturated heterocycles. The first-order valence-electron chi connectivity index (χ1n) is 5.49. The molecule has 1 unspecified atom stereocenters. The number of ether oxygens (including phenoxy) is 1. The van der Waals surface area contributed by atoms with Crippen LogP contribution in [0.4, 0.5) is 0 Å². The largest absolute Gasteiger partial charge is 0.382 e. The summed E-state index contributed by atoms with van der Waals surface area (Å²) in [6.45, 7) is 5.63. The second kappa shape index (κ2) is 6.86. The highest BCUT2D eigenvalue weighted by atomic mass is 35.5. The van der Waals surface area contributed by atoms with E-state index < -0.39 is 0 Å². The van der Waals surface area contributed by atoms with Crippen LogP contribution in [0.3, 0.4) is 0 Å². The lowest BCUT2D eigenvalue weighted by atomic mass is 10.1. The van der Waals surface area contributed by atoms with Crippen LogP contribution in [0.1, 0.15) is 24.5 Å². The molecular formula is C13H19ClO. The summed E-state index contributed by atoms with van der Waals surface area (Å²) in [5.41, 5.74) is 2.59. The van der Waals surface area contributed by atoms with Crippen LogP contribution in [-0.4, -0.2) is 18.6 Å². The van der Waals surface area contributed by atoms with E-state index in [0.717, 1.165) is 26.1 Å². The summed E-state index contributed by atoms with van der Waals surface area (Å²) in [7, 11) is 0. The average molecular weight is 227 g/mol. The van der Waals surface area contributed by atoms with Crippen molar-refractivity contribution < 1.29 is 4.74 Å². The number of aryl methyl sites for hydroxylation is 1. The van der Waals surface area contributed by atoms with Gasteiger partial charge in [-0.1, -0.05) is 29.8 Å². The maximum atomic E-state index is 6.21. The fourth-order valence-electron chi connectivity index (χ4n) is 1.44. The van der Waals surface area contributed by atoms with E-state index in [2.05, 4.69) is 31.2 Å². The van der Waals surface area contributed by atoms with Gasteiger partial charge in [0, 0.05) is 18.6 Å².